The van der Waals surface area contributed by atoms with Crippen molar-refractivity contribution in [3.05, 3.63) is 11.6 Å². The number of nitrogens with zero attached hydrogens (tertiary/aromatic N) is 2. The Kier molecular flexibility index (Phi) is 2.71. The molecule has 74 valence electrons. The molecular weight excluding hydrogens is 164 g/mol. The highest BCUT2D eigenvalue weighted by Crippen LogP contribution is 2.19. The summed E-state index contributed by atoms with van der Waals surface area (Å²) in [6.45, 7) is 8.81. The van der Waals surface area contributed by atoms with Gasteiger partial charge in [0.1, 0.15) is 5.82 Å². The van der Waals surface area contributed by atoms with Gasteiger partial charge in [0.15, 0.2) is 5.82 Å². The van der Waals surface area contributed by atoms with Gasteiger partial charge in [-0.05, 0) is 0 Å². The van der Waals surface area contributed by atoms with Gasteiger partial charge in [-0.25, -0.2) is 4.98 Å². The van der Waals surface area contributed by atoms with Gasteiger partial charge in [-0.3, -0.25) is 5.10 Å². The van der Waals surface area contributed by atoms with Crippen molar-refractivity contribution >= 4 is 0 Å². The Morgan fingerprint density at radius 2 is 2.08 bits per heavy atom. The van der Waals surface area contributed by atoms with Crippen LogP contribution in [0.25, 0.3) is 0 Å². The normalized spacial score (nSPS) is 12.5. The van der Waals surface area contributed by atoms with Crippen LogP contribution in [0, 0.1) is 0 Å². The van der Waals surface area contributed by atoms with Crippen molar-refractivity contribution in [3.63, 3.8) is 0 Å². The summed E-state index contributed by atoms with van der Waals surface area (Å²) in [7, 11) is 0. The molecule has 0 atom stereocenters. The zero-order chi connectivity index (χ0) is 10.1. The zero-order valence-electron chi connectivity index (χ0n) is 8.76. The van der Waals surface area contributed by atoms with Crippen LogP contribution >= 0.6 is 0 Å². The van der Waals surface area contributed by atoms with E-state index in [9.17, 15) is 0 Å². The van der Waals surface area contributed by atoms with E-state index in [4.69, 9.17) is 5.73 Å². The van der Waals surface area contributed by atoms with Gasteiger partial charge in [0.05, 0.1) is 0 Å². The highest BCUT2D eigenvalue weighted by Gasteiger charge is 2.23. The third kappa shape index (κ3) is 2.06. The molecule has 13 heavy (non-hydrogen) atoms. The van der Waals surface area contributed by atoms with Gasteiger partial charge in [-0.2, -0.15) is 5.10 Å². The molecule has 4 nitrogen and oxygen atoms in total. The van der Waals surface area contributed by atoms with Crippen LogP contribution in [0.1, 0.15) is 45.3 Å². The van der Waals surface area contributed by atoms with E-state index in [1.807, 2.05) is 13.8 Å². The Labute approximate surface area is 78.9 Å². The molecule has 0 fully saturated rings. The van der Waals surface area contributed by atoms with E-state index in [1.54, 1.807) is 0 Å². The van der Waals surface area contributed by atoms with Crippen LogP contribution in [0.3, 0.4) is 0 Å². The fourth-order valence-corrected chi connectivity index (χ4v) is 0.926. The second kappa shape index (κ2) is 3.46. The summed E-state index contributed by atoms with van der Waals surface area (Å²) >= 11 is 0. The van der Waals surface area contributed by atoms with Crippen molar-refractivity contribution in [2.45, 2.75) is 39.0 Å². The molecule has 1 aromatic heterocycles. The van der Waals surface area contributed by atoms with E-state index >= 15 is 0 Å². The van der Waals surface area contributed by atoms with Crippen molar-refractivity contribution < 1.29 is 0 Å². The number of nitrogens with two attached hydrogens (primary N) is 1. The quantitative estimate of drug-likeness (QED) is 0.737. The minimum absolute atomic E-state index is 0.135. The molecule has 4 heteroatoms. The largest absolute Gasteiger partial charge is 0.329 e. The molecule has 0 saturated heterocycles. The van der Waals surface area contributed by atoms with Gasteiger partial charge in [0.25, 0.3) is 0 Å². The molecular formula is C9H18N4. The van der Waals surface area contributed by atoms with Crippen LogP contribution in [0.5, 0.6) is 0 Å². The average molecular weight is 182 g/mol. The van der Waals surface area contributed by atoms with Crippen molar-refractivity contribution in [2.24, 2.45) is 5.73 Å². The maximum absolute atomic E-state index is 5.63. The Morgan fingerprint density at radius 3 is 2.46 bits per heavy atom. The molecule has 1 heterocycles. The van der Waals surface area contributed by atoms with E-state index in [1.165, 1.54) is 0 Å². The molecule has 0 aliphatic carbocycles. The van der Waals surface area contributed by atoms with Gasteiger partial charge in [-0.1, -0.05) is 27.7 Å². The summed E-state index contributed by atoms with van der Waals surface area (Å²) in [6.07, 6.45) is 0. The number of nitrogens with one attached hydrogen (secondary N) is 1. The van der Waals surface area contributed by atoms with Gasteiger partial charge >= 0.3 is 0 Å². The highest BCUT2D eigenvalue weighted by molar-refractivity contribution is 5.06. The minimum atomic E-state index is -0.135. The first kappa shape index (κ1) is 10.2. The Bertz CT molecular complexity index is 275. The Hall–Kier alpha value is -0.900. The Morgan fingerprint density at radius 1 is 1.46 bits per heavy atom. The molecule has 0 unspecified atom stereocenters. The van der Waals surface area contributed by atoms with Crippen LogP contribution in [0.15, 0.2) is 0 Å². The third-order valence-electron chi connectivity index (χ3n) is 2.17. The zero-order valence-corrected chi connectivity index (χ0v) is 8.76. The van der Waals surface area contributed by atoms with Crippen molar-refractivity contribution in [3.8, 4) is 0 Å². The highest BCUT2D eigenvalue weighted by atomic mass is 15.2. The molecule has 0 spiro atoms. The van der Waals surface area contributed by atoms with Gasteiger partial charge in [0, 0.05) is 17.9 Å². The predicted molar refractivity (Wildman–Crippen MR) is 52.6 cm³/mol. The average Bonchev–Trinajstić information content (AvgIpc) is 2.52. The number of hydrogen-bond acceptors (Lipinski definition) is 3. The molecule has 1 aromatic rings. The van der Waals surface area contributed by atoms with E-state index in [2.05, 4.69) is 29.0 Å². The molecule has 0 amide bonds. The number of hydrogen-bond donors (Lipinski definition) is 2. The lowest BCUT2D eigenvalue weighted by molar-refractivity contribution is 0.504. The summed E-state index contributed by atoms with van der Waals surface area (Å²) in [4.78, 5) is 4.41. The predicted octanol–water partition coefficient (Wildman–Crippen LogP) is 1.16. The molecule has 0 radical (unpaired) electrons. The molecule has 0 aliphatic heterocycles. The molecule has 3 N–H and O–H groups in total. The third-order valence-corrected chi connectivity index (χ3v) is 2.17. The van der Waals surface area contributed by atoms with Crippen LogP contribution in [0.4, 0.5) is 0 Å². The van der Waals surface area contributed by atoms with Crippen LogP contribution < -0.4 is 5.73 Å². The lowest BCUT2D eigenvalue weighted by Gasteiger charge is -2.17. The molecule has 0 aromatic carbocycles. The van der Waals surface area contributed by atoms with Crippen molar-refractivity contribution in [2.75, 3.05) is 6.54 Å². The number of aromatic nitrogens is 3. The molecule has 0 saturated carbocycles. The molecule has 1 rings (SSSR count). The SMILES string of the molecule is CC(C)c1nc(C(C)(C)CN)n[nH]1. The van der Waals surface area contributed by atoms with Gasteiger partial charge in [0.2, 0.25) is 0 Å². The summed E-state index contributed by atoms with van der Waals surface area (Å²) in [5.74, 6) is 2.12. The van der Waals surface area contributed by atoms with Crippen LogP contribution in [-0.2, 0) is 5.41 Å². The standard InChI is InChI=1S/C9H18N4/c1-6(2)7-11-8(13-12-7)9(3,4)5-10/h6H,5,10H2,1-4H3,(H,11,12,13). The van der Waals surface area contributed by atoms with Gasteiger partial charge < -0.3 is 5.73 Å². The van der Waals surface area contributed by atoms with Crippen LogP contribution in [-0.4, -0.2) is 21.7 Å². The Balaban J connectivity index is 2.91. The second-order valence-electron chi connectivity index (χ2n) is 4.29. The smallest absolute Gasteiger partial charge is 0.157 e. The topological polar surface area (TPSA) is 67.6 Å². The fraction of sp³-hybridized carbons (Fsp3) is 0.778. The number of rotatable bonds is 3. The van der Waals surface area contributed by atoms with Crippen LogP contribution in [0.2, 0.25) is 0 Å². The summed E-state index contributed by atoms with van der Waals surface area (Å²) in [5.41, 5.74) is 5.49. The molecule has 0 aliphatic rings. The monoisotopic (exact) mass is 182 g/mol. The summed E-state index contributed by atoms with van der Waals surface area (Å²) in [6, 6.07) is 0. The maximum Gasteiger partial charge on any atom is 0.157 e. The van der Waals surface area contributed by atoms with E-state index < -0.39 is 0 Å². The van der Waals surface area contributed by atoms with Gasteiger partial charge in [-0.15, -0.1) is 0 Å². The summed E-state index contributed by atoms with van der Waals surface area (Å²) < 4.78 is 0. The first-order valence-electron chi connectivity index (χ1n) is 4.60. The number of H-pyrrole nitrogens is 1. The van der Waals surface area contributed by atoms with Crippen molar-refractivity contribution in [1.29, 1.82) is 0 Å². The van der Waals surface area contributed by atoms with Crippen molar-refractivity contribution in [1.82, 2.24) is 15.2 Å². The van der Waals surface area contributed by atoms with E-state index in [0.717, 1.165) is 11.6 Å². The maximum atomic E-state index is 5.63. The number of aromatic amines is 1. The second-order valence-corrected chi connectivity index (χ2v) is 4.29. The fourth-order valence-electron chi connectivity index (χ4n) is 0.926. The minimum Gasteiger partial charge on any atom is -0.329 e. The lowest BCUT2D eigenvalue weighted by atomic mass is 9.93. The first-order valence-corrected chi connectivity index (χ1v) is 4.60. The van der Waals surface area contributed by atoms with E-state index in [0.29, 0.717) is 12.5 Å². The lowest BCUT2D eigenvalue weighted by Crippen LogP contribution is -2.29. The molecule has 0 bridgehead atoms. The van der Waals surface area contributed by atoms with E-state index in [-0.39, 0.29) is 5.41 Å². The first-order chi connectivity index (χ1) is 5.97. The summed E-state index contributed by atoms with van der Waals surface area (Å²) in [5, 5.41) is 7.09.